The van der Waals surface area contributed by atoms with Gasteiger partial charge in [-0.05, 0) is 23.8 Å². The van der Waals surface area contributed by atoms with Gasteiger partial charge >= 0.3 is 0 Å². The predicted octanol–water partition coefficient (Wildman–Crippen LogP) is 1.37. The molecule has 1 aromatic rings. The lowest BCUT2D eigenvalue weighted by Crippen LogP contribution is -2.19. The van der Waals surface area contributed by atoms with E-state index in [-0.39, 0.29) is 5.57 Å². The summed E-state index contributed by atoms with van der Waals surface area (Å²) in [6.45, 7) is 0. The van der Waals surface area contributed by atoms with E-state index in [2.05, 4.69) is 5.32 Å². The number of nitrogens with one attached hydrogen (secondary N) is 1. The fourth-order valence-corrected chi connectivity index (χ4v) is 1.63. The summed E-state index contributed by atoms with van der Waals surface area (Å²) in [6.07, 6.45) is 1.45. The van der Waals surface area contributed by atoms with Crippen LogP contribution < -0.4 is 19.5 Å². The van der Waals surface area contributed by atoms with Crippen LogP contribution in [0.25, 0.3) is 6.08 Å². The average molecular weight is 276 g/mol. The molecule has 0 aliphatic rings. The smallest absolute Gasteiger partial charge is 0.261 e. The van der Waals surface area contributed by atoms with Gasteiger partial charge in [-0.2, -0.15) is 5.26 Å². The second-order valence-electron chi connectivity index (χ2n) is 3.71. The Morgan fingerprint density at radius 3 is 2.10 bits per heavy atom. The number of amides is 1. The molecule has 106 valence electrons. The summed E-state index contributed by atoms with van der Waals surface area (Å²) >= 11 is 0. The number of hydrogen-bond acceptors (Lipinski definition) is 5. The maximum Gasteiger partial charge on any atom is 0.261 e. The van der Waals surface area contributed by atoms with Gasteiger partial charge in [0.1, 0.15) is 11.6 Å². The molecule has 0 spiro atoms. The predicted molar refractivity (Wildman–Crippen MR) is 73.8 cm³/mol. The van der Waals surface area contributed by atoms with Crippen LogP contribution in [0.15, 0.2) is 17.7 Å². The van der Waals surface area contributed by atoms with Gasteiger partial charge in [-0.25, -0.2) is 0 Å². The molecule has 0 aromatic heterocycles. The number of nitrogens with zero attached hydrogens (tertiary/aromatic N) is 1. The van der Waals surface area contributed by atoms with Crippen LogP contribution in [0, 0.1) is 11.3 Å². The number of nitriles is 1. The van der Waals surface area contributed by atoms with Crippen LogP contribution in [-0.2, 0) is 4.79 Å². The Morgan fingerprint density at radius 2 is 1.75 bits per heavy atom. The Morgan fingerprint density at radius 1 is 1.20 bits per heavy atom. The summed E-state index contributed by atoms with van der Waals surface area (Å²) in [4.78, 5) is 11.5. The molecule has 20 heavy (non-hydrogen) atoms. The molecule has 0 atom stereocenters. The Kier molecular flexibility index (Phi) is 5.42. The monoisotopic (exact) mass is 276 g/mol. The lowest BCUT2D eigenvalue weighted by atomic mass is 10.1. The molecule has 0 unspecified atom stereocenters. The number of carbonyl (C=O) groups is 1. The first-order valence-electron chi connectivity index (χ1n) is 5.75. The minimum absolute atomic E-state index is 0.0122. The van der Waals surface area contributed by atoms with Gasteiger partial charge in [0.25, 0.3) is 5.91 Å². The van der Waals surface area contributed by atoms with Crippen molar-refractivity contribution in [3.8, 4) is 23.3 Å². The molecular weight excluding hydrogens is 260 g/mol. The highest BCUT2D eigenvalue weighted by Gasteiger charge is 2.14. The van der Waals surface area contributed by atoms with Gasteiger partial charge in [0, 0.05) is 7.05 Å². The van der Waals surface area contributed by atoms with E-state index in [0.29, 0.717) is 22.8 Å². The molecule has 1 N–H and O–H groups in total. The Bertz CT molecular complexity index is 548. The molecule has 1 aromatic carbocycles. The second kappa shape index (κ2) is 7.04. The first kappa shape index (κ1) is 15.4. The lowest BCUT2D eigenvalue weighted by molar-refractivity contribution is -0.116. The average Bonchev–Trinajstić information content (AvgIpc) is 2.50. The molecule has 0 bridgehead atoms. The van der Waals surface area contributed by atoms with Crippen LogP contribution >= 0.6 is 0 Å². The quantitative estimate of drug-likeness (QED) is 0.649. The van der Waals surface area contributed by atoms with E-state index in [1.165, 1.54) is 34.5 Å². The van der Waals surface area contributed by atoms with Crippen LogP contribution in [0.4, 0.5) is 0 Å². The zero-order valence-corrected chi connectivity index (χ0v) is 11.8. The van der Waals surface area contributed by atoms with Crippen molar-refractivity contribution in [2.75, 3.05) is 28.4 Å². The largest absolute Gasteiger partial charge is 0.493 e. The van der Waals surface area contributed by atoms with Crippen LogP contribution in [0.3, 0.4) is 0 Å². The van der Waals surface area contributed by atoms with E-state index in [1.807, 2.05) is 6.07 Å². The van der Waals surface area contributed by atoms with Crippen LogP contribution in [0.2, 0.25) is 0 Å². The highest BCUT2D eigenvalue weighted by Crippen LogP contribution is 2.38. The summed E-state index contributed by atoms with van der Waals surface area (Å²) < 4.78 is 15.6. The van der Waals surface area contributed by atoms with Crippen LogP contribution in [-0.4, -0.2) is 34.3 Å². The zero-order chi connectivity index (χ0) is 15.1. The van der Waals surface area contributed by atoms with Gasteiger partial charge in [0.2, 0.25) is 5.75 Å². The zero-order valence-electron chi connectivity index (χ0n) is 11.8. The third-order valence-corrected chi connectivity index (χ3v) is 2.59. The normalized spacial score (nSPS) is 10.4. The molecule has 6 nitrogen and oxygen atoms in total. The van der Waals surface area contributed by atoms with E-state index in [4.69, 9.17) is 19.5 Å². The summed E-state index contributed by atoms with van der Waals surface area (Å²) in [7, 11) is 5.95. The minimum Gasteiger partial charge on any atom is -0.493 e. The Balaban J connectivity index is 3.37. The number of benzene rings is 1. The highest BCUT2D eigenvalue weighted by molar-refractivity contribution is 6.01. The summed E-state index contributed by atoms with van der Waals surface area (Å²) in [5, 5.41) is 11.4. The molecule has 0 fully saturated rings. The fourth-order valence-electron chi connectivity index (χ4n) is 1.63. The molecule has 0 radical (unpaired) electrons. The van der Waals surface area contributed by atoms with Gasteiger partial charge in [0.05, 0.1) is 21.3 Å². The first-order valence-corrected chi connectivity index (χ1v) is 5.75. The number of hydrogen-bond donors (Lipinski definition) is 1. The molecule has 0 saturated heterocycles. The van der Waals surface area contributed by atoms with Crippen molar-refractivity contribution in [1.82, 2.24) is 5.32 Å². The molecule has 6 heteroatoms. The van der Waals surface area contributed by atoms with Gasteiger partial charge in [-0.15, -0.1) is 0 Å². The topological polar surface area (TPSA) is 80.6 Å². The number of likely N-dealkylation sites (N-methyl/N-ethyl adjacent to an activating group) is 1. The van der Waals surface area contributed by atoms with E-state index in [1.54, 1.807) is 12.1 Å². The van der Waals surface area contributed by atoms with Crippen molar-refractivity contribution in [3.05, 3.63) is 23.3 Å². The van der Waals surface area contributed by atoms with Crippen molar-refractivity contribution < 1.29 is 19.0 Å². The molecule has 0 saturated carbocycles. The number of methoxy groups -OCH3 is 3. The Labute approximate surface area is 117 Å². The van der Waals surface area contributed by atoms with Crippen molar-refractivity contribution in [2.24, 2.45) is 0 Å². The standard InChI is InChI=1S/C14H16N2O4/c1-16-14(17)10(8-15)5-9-6-11(18-2)13(20-4)12(7-9)19-3/h5-7H,1-4H3,(H,16,17). The molecule has 0 aliphatic carbocycles. The minimum atomic E-state index is -0.457. The summed E-state index contributed by atoms with van der Waals surface area (Å²) in [5.41, 5.74) is 0.585. The van der Waals surface area contributed by atoms with Crippen LogP contribution in [0.5, 0.6) is 17.2 Å². The molecule has 1 rings (SSSR count). The van der Waals surface area contributed by atoms with Crippen LogP contribution in [0.1, 0.15) is 5.56 Å². The van der Waals surface area contributed by atoms with Crippen molar-refractivity contribution in [1.29, 1.82) is 5.26 Å². The number of ether oxygens (including phenoxy) is 3. The maximum atomic E-state index is 11.5. The summed E-state index contributed by atoms with van der Waals surface area (Å²) in [5.74, 6) is 0.895. The lowest BCUT2D eigenvalue weighted by Gasteiger charge is -2.13. The third-order valence-electron chi connectivity index (χ3n) is 2.59. The Hall–Kier alpha value is -2.68. The van der Waals surface area contributed by atoms with Gasteiger partial charge in [-0.1, -0.05) is 0 Å². The van der Waals surface area contributed by atoms with Gasteiger partial charge in [0.15, 0.2) is 11.5 Å². The fraction of sp³-hybridized carbons (Fsp3) is 0.286. The molecule has 0 heterocycles. The second-order valence-corrected chi connectivity index (χ2v) is 3.71. The van der Waals surface area contributed by atoms with E-state index < -0.39 is 5.91 Å². The van der Waals surface area contributed by atoms with Gasteiger partial charge < -0.3 is 19.5 Å². The first-order chi connectivity index (χ1) is 9.60. The molecule has 0 aliphatic heterocycles. The third kappa shape index (κ3) is 3.20. The molecule has 1 amide bonds. The van der Waals surface area contributed by atoms with Crippen molar-refractivity contribution in [2.45, 2.75) is 0 Å². The van der Waals surface area contributed by atoms with Gasteiger partial charge in [-0.3, -0.25) is 4.79 Å². The van der Waals surface area contributed by atoms with E-state index >= 15 is 0 Å². The number of carbonyl (C=O) groups excluding carboxylic acids is 1. The SMILES string of the molecule is CNC(=O)C(C#N)=Cc1cc(OC)c(OC)c(OC)c1. The van der Waals surface area contributed by atoms with Crippen molar-refractivity contribution >= 4 is 12.0 Å². The summed E-state index contributed by atoms with van der Waals surface area (Å²) in [6, 6.07) is 5.15. The maximum absolute atomic E-state index is 11.5. The van der Waals surface area contributed by atoms with Crippen molar-refractivity contribution in [3.63, 3.8) is 0 Å². The number of rotatable bonds is 5. The van der Waals surface area contributed by atoms with E-state index in [0.717, 1.165) is 0 Å². The molecular formula is C14H16N2O4. The van der Waals surface area contributed by atoms with E-state index in [9.17, 15) is 4.79 Å². The highest BCUT2D eigenvalue weighted by atomic mass is 16.5.